The van der Waals surface area contributed by atoms with E-state index in [-0.39, 0.29) is 17.7 Å². The summed E-state index contributed by atoms with van der Waals surface area (Å²) in [5.41, 5.74) is 6.12. The van der Waals surface area contributed by atoms with Crippen molar-refractivity contribution in [2.75, 3.05) is 30.0 Å². The van der Waals surface area contributed by atoms with E-state index in [4.69, 9.17) is 5.73 Å². The van der Waals surface area contributed by atoms with E-state index in [0.29, 0.717) is 11.6 Å². The Hall–Kier alpha value is -2.44. The summed E-state index contributed by atoms with van der Waals surface area (Å²) in [5, 5.41) is 2.87. The fourth-order valence-electron chi connectivity index (χ4n) is 1.33. The molecule has 0 spiro atoms. The van der Waals surface area contributed by atoms with Gasteiger partial charge in [-0.05, 0) is 18.2 Å². The van der Waals surface area contributed by atoms with Gasteiger partial charge in [0.05, 0.1) is 0 Å². The third-order valence-electron chi connectivity index (χ3n) is 2.12. The second kappa shape index (κ2) is 4.82. The van der Waals surface area contributed by atoms with Gasteiger partial charge in [-0.15, -0.1) is 0 Å². The number of nitrogens with zero attached hydrogens (tertiary/aromatic N) is 4. The molecule has 0 aliphatic rings. The number of aromatic nitrogens is 3. The number of hydrogen-bond donors (Lipinski definition) is 2. The van der Waals surface area contributed by atoms with E-state index >= 15 is 0 Å². The van der Waals surface area contributed by atoms with Gasteiger partial charge in [0, 0.05) is 19.8 Å². The largest absolute Gasteiger partial charge is 0.368 e. The summed E-state index contributed by atoms with van der Waals surface area (Å²) in [6.45, 7) is 0. The monoisotopic (exact) mass is 248 g/mol. The predicted octanol–water partition coefficient (Wildman–Crippen LogP) is 1.40. The molecule has 0 atom stereocenters. The lowest BCUT2D eigenvalue weighted by Gasteiger charge is -2.12. The Morgan fingerprint density at radius 1 is 1.22 bits per heavy atom. The zero-order valence-corrected chi connectivity index (χ0v) is 10.1. The van der Waals surface area contributed by atoms with Crippen LogP contribution in [0.2, 0.25) is 0 Å². The van der Waals surface area contributed by atoms with Crippen LogP contribution in [0.25, 0.3) is 0 Å². The molecule has 3 N–H and O–H groups in total. The minimum atomic E-state index is -0.338. The average Bonchev–Trinajstić information content (AvgIpc) is 2.28. The summed E-state index contributed by atoms with van der Waals surface area (Å²) in [6.07, 6.45) is 0. The summed E-state index contributed by atoms with van der Waals surface area (Å²) < 4.78 is 13.0. The highest BCUT2D eigenvalue weighted by molar-refractivity contribution is 5.55. The SMILES string of the molecule is CN(C)c1nc(N)nc(Nc2cccc(F)c2)n1. The predicted molar refractivity (Wildman–Crippen MR) is 68.2 cm³/mol. The molecule has 18 heavy (non-hydrogen) atoms. The van der Waals surface area contributed by atoms with Crippen molar-refractivity contribution in [3.8, 4) is 0 Å². The Labute approximate surface area is 104 Å². The van der Waals surface area contributed by atoms with Crippen molar-refractivity contribution in [1.82, 2.24) is 15.0 Å². The molecule has 0 unspecified atom stereocenters. The van der Waals surface area contributed by atoms with Crippen LogP contribution in [0.5, 0.6) is 0 Å². The molecule has 7 heteroatoms. The maximum atomic E-state index is 13.0. The summed E-state index contributed by atoms with van der Waals surface area (Å²) in [4.78, 5) is 13.7. The highest BCUT2D eigenvalue weighted by Crippen LogP contribution is 2.16. The summed E-state index contributed by atoms with van der Waals surface area (Å²) in [7, 11) is 3.58. The van der Waals surface area contributed by atoms with Gasteiger partial charge in [-0.3, -0.25) is 0 Å². The molecule has 94 valence electrons. The first-order valence-corrected chi connectivity index (χ1v) is 5.26. The van der Waals surface area contributed by atoms with Gasteiger partial charge in [-0.1, -0.05) is 6.07 Å². The van der Waals surface area contributed by atoms with Crippen LogP contribution >= 0.6 is 0 Å². The summed E-state index contributed by atoms with van der Waals surface area (Å²) in [5.74, 6) is 0.473. The molecule has 0 bridgehead atoms. The molecule has 1 aromatic carbocycles. The molecule has 2 rings (SSSR count). The topological polar surface area (TPSA) is 80.0 Å². The quantitative estimate of drug-likeness (QED) is 0.854. The zero-order valence-electron chi connectivity index (χ0n) is 10.1. The van der Waals surface area contributed by atoms with Crippen LogP contribution in [-0.2, 0) is 0 Å². The molecule has 0 amide bonds. The van der Waals surface area contributed by atoms with Crippen LogP contribution < -0.4 is 16.0 Å². The standard InChI is InChI=1S/C11H13FN6/c1-18(2)11-16-9(13)15-10(17-11)14-8-5-3-4-7(12)6-8/h3-6H,1-2H3,(H3,13,14,15,16,17). The van der Waals surface area contributed by atoms with Gasteiger partial charge in [0.15, 0.2) is 0 Å². The molecular weight excluding hydrogens is 235 g/mol. The number of nitrogen functional groups attached to an aromatic ring is 1. The van der Waals surface area contributed by atoms with Gasteiger partial charge in [0.2, 0.25) is 17.8 Å². The second-order valence-corrected chi connectivity index (χ2v) is 3.85. The van der Waals surface area contributed by atoms with Crippen molar-refractivity contribution in [2.24, 2.45) is 0 Å². The van der Waals surface area contributed by atoms with E-state index < -0.39 is 0 Å². The first-order chi connectivity index (χ1) is 8.54. The van der Waals surface area contributed by atoms with Crippen LogP contribution in [0, 0.1) is 5.82 Å². The highest BCUT2D eigenvalue weighted by atomic mass is 19.1. The van der Waals surface area contributed by atoms with E-state index in [1.54, 1.807) is 31.1 Å². The fourth-order valence-corrected chi connectivity index (χ4v) is 1.33. The summed E-state index contributed by atoms with van der Waals surface area (Å²) in [6, 6.07) is 6.00. The van der Waals surface area contributed by atoms with Crippen molar-refractivity contribution >= 4 is 23.5 Å². The summed E-state index contributed by atoms with van der Waals surface area (Å²) >= 11 is 0. The minimum Gasteiger partial charge on any atom is -0.368 e. The van der Waals surface area contributed by atoms with E-state index in [2.05, 4.69) is 20.3 Å². The van der Waals surface area contributed by atoms with Crippen molar-refractivity contribution in [2.45, 2.75) is 0 Å². The Balaban J connectivity index is 2.29. The number of nitrogens with one attached hydrogen (secondary N) is 1. The molecule has 0 saturated heterocycles. The average molecular weight is 248 g/mol. The van der Waals surface area contributed by atoms with Crippen LogP contribution in [-0.4, -0.2) is 29.0 Å². The van der Waals surface area contributed by atoms with Crippen molar-refractivity contribution in [3.63, 3.8) is 0 Å². The van der Waals surface area contributed by atoms with Gasteiger partial charge in [-0.25, -0.2) is 4.39 Å². The molecule has 0 aliphatic heterocycles. The lowest BCUT2D eigenvalue weighted by Crippen LogP contribution is -2.15. The van der Waals surface area contributed by atoms with Gasteiger partial charge >= 0.3 is 0 Å². The zero-order chi connectivity index (χ0) is 13.1. The molecule has 2 aromatic rings. The lowest BCUT2D eigenvalue weighted by molar-refractivity contribution is 0.628. The van der Waals surface area contributed by atoms with Crippen LogP contribution in [0.3, 0.4) is 0 Å². The molecule has 0 aliphatic carbocycles. The second-order valence-electron chi connectivity index (χ2n) is 3.85. The smallest absolute Gasteiger partial charge is 0.233 e. The molecular formula is C11H13FN6. The fraction of sp³-hybridized carbons (Fsp3) is 0.182. The lowest BCUT2D eigenvalue weighted by atomic mass is 10.3. The van der Waals surface area contributed by atoms with Gasteiger partial charge < -0.3 is 16.0 Å². The molecule has 0 radical (unpaired) electrons. The van der Waals surface area contributed by atoms with Crippen LogP contribution in [0.1, 0.15) is 0 Å². The number of anilines is 4. The Bertz CT molecular complexity index is 557. The maximum absolute atomic E-state index is 13.0. The molecule has 0 fully saturated rings. The Morgan fingerprint density at radius 3 is 2.67 bits per heavy atom. The van der Waals surface area contributed by atoms with Crippen LogP contribution in [0.4, 0.5) is 27.9 Å². The first kappa shape index (κ1) is 12.0. The van der Waals surface area contributed by atoms with Crippen LogP contribution in [0.15, 0.2) is 24.3 Å². The Morgan fingerprint density at radius 2 is 2.00 bits per heavy atom. The van der Waals surface area contributed by atoms with Gasteiger partial charge in [0.25, 0.3) is 0 Å². The molecule has 1 heterocycles. The minimum absolute atomic E-state index is 0.104. The Kier molecular flexibility index (Phi) is 3.22. The third kappa shape index (κ3) is 2.82. The number of rotatable bonds is 3. The highest BCUT2D eigenvalue weighted by Gasteiger charge is 2.06. The maximum Gasteiger partial charge on any atom is 0.233 e. The molecule has 1 aromatic heterocycles. The van der Waals surface area contributed by atoms with Crippen molar-refractivity contribution < 1.29 is 4.39 Å². The number of halogens is 1. The molecule has 0 saturated carbocycles. The van der Waals surface area contributed by atoms with Gasteiger partial charge in [-0.2, -0.15) is 15.0 Å². The number of hydrogen-bond acceptors (Lipinski definition) is 6. The van der Waals surface area contributed by atoms with E-state index in [1.807, 2.05) is 0 Å². The van der Waals surface area contributed by atoms with E-state index in [9.17, 15) is 4.39 Å². The third-order valence-corrected chi connectivity index (χ3v) is 2.12. The number of benzene rings is 1. The van der Waals surface area contributed by atoms with E-state index in [1.165, 1.54) is 12.1 Å². The van der Waals surface area contributed by atoms with Gasteiger partial charge in [0.1, 0.15) is 5.82 Å². The van der Waals surface area contributed by atoms with Crippen molar-refractivity contribution in [1.29, 1.82) is 0 Å². The van der Waals surface area contributed by atoms with Crippen molar-refractivity contribution in [3.05, 3.63) is 30.1 Å². The molecule has 6 nitrogen and oxygen atoms in total. The van der Waals surface area contributed by atoms with E-state index in [0.717, 1.165) is 0 Å². The first-order valence-electron chi connectivity index (χ1n) is 5.26. The number of nitrogens with two attached hydrogens (primary N) is 1. The normalized spacial score (nSPS) is 10.2.